The zero-order valence-electron chi connectivity index (χ0n) is 18.1. The fourth-order valence-corrected chi connectivity index (χ4v) is 4.02. The molecule has 0 aliphatic carbocycles. The van der Waals surface area contributed by atoms with Gasteiger partial charge >= 0.3 is 0 Å². The zero-order valence-corrected chi connectivity index (χ0v) is 18.1. The van der Waals surface area contributed by atoms with Gasteiger partial charge in [-0.05, 0) is 55.6 Å². The minimum atomic E-state index is 0.0453. The van der Waals surface area contributed by atoms with Gasteiger partial charge in [-0.15, -0.1) is 0 Å². The highest BCUT2D eigenvalue weighted by Gasteiger charge is 2.23. The van der Waals surface area contributed by atoms with Gasteiger partial charge in [0.05, 0.1) is 27.4 Å². The summed E-state index contributed by atoms with van der Waals surface area (Å²) in [5, 5.41) is 3.14. The molecule has 1 fully saturated rings. The first-order valence-corrected chi connectivity index (χ1v) is 10.5. The highest BCUT2D eigenvalue weighted by molar-refractivity contribution is 5.76. The van der Waals surface area contributed by atoms with Crippen LogP contribution >= 0.6 is 0 Å². The number of benzene rings is 2. The molecule has 3 rings (SSSR count). The maximum Gasteiger partial charge on any atom is 0.220 e. The molecule has 6 heteroatoms. The Labute approximate surface area is 179 Å². The molecular formula is C24H32N2O4. The van der Waals surface area contributed by atoms with Crippen molar-refractivity contribution < 1.29 is 19.0 Å². The number of rotatable bonds is 10. The second-order valence-corrected chi connectivity index (χ2v) is 7.51. The smallest absolute Gasteiger partial charge is 0.220 e. The molecule has 0 bridgehead atoms. The molecule has 1 heterocycles. The van der Waals surface area contributed by atoms with E-state index in [1.807, 2.05) is 18.2 Å². The average molecular weight is 413 g/mol. The van der Waals surface area contributed by atoms with Crippen LogP contribution in [0.1, 0.15) is 36.4 Å². The van der Waals surface area contributed by atoms with E-state index < -0.39 is 0 Å². The number of ether oxygens (including phenoxy) is 3. The number of aryl methyl sites for hydroxylation is 1. The van der Waals surface area contributed by atoms with Crippen LogP contribution in [0.5, 0.6) is 17.2 Å². The Morgan fingerprint density at radius 2 is 1.63 bits per heavy atom. The summed E-state index contributed by atoms with van der Waals surface area (Å²) in [4.78, 5) is 15.0. The van der Waals surface area contributed by atoms with Crippen molar-refractivity contribution in [2.24, 2.45) is 0 Å². The molecule has 0 spiro atoms. The summed E-state index contributed by atoms with van der Waals surface area (Å²) in [6.07, 6.45) is 3.44. The molecule has 0 radical (unpaired) electrons. The molecule has 1 saturated heterocycles. The number of hydrogen-bond acceptors (Lipinski definition) is 5. The van der Waals surface area contributed by atoms with Crippen molar-refractivity contribution in [2.45, 2.75) is 31.7 Å². The SMILES string of the molecule is COc1cc(CCC(=O)NC[C@@H](c2ccccc2)N2CCCC2)cc(OC)c1OC. The Morgan fingerprint density at radius 3 is 2.20 bits per heavy atom. The van der Waals surface area contributed by atoms with Crippen LogP contribution in [-0.2, 0) is 11.2 Å². The van der Waals surface area contributed by atoms with Gasteiger partial charge in [0.15, 0.2) is 11.5 Å². The van der Waals surface area contributed by atoms with Crippen LogP contribution in [0.25, 0.3) is 0 Å². The van der Waals surface area contributed by atoms with Gasteiger partial charge in [0.2, 0.25) is 11.7 Å². The maximum absolute atomic E-state index is 12.6. The van der Waals surface area contributed by atoms with Crippen molar-refractivity contribution in [3.05, 3.63) is 53.6 Å². The van der Waals surface area contributed by atoms with E-state index in [1.165, 1.54) is 18.4 Å². The van der Waals surface area contributed by atoms with Crippen molar-refractivity contribution in [3.63, 3.8) is 0 Å². The Kier molecular flexibility index (Phi) is 7.97. The molecule has 1 N–H and O–H groups in total. The maximum atomic E-state index is 12.6. The topological polar surface area (TPSA) is 60.0 Å². The predicted octanol–water partition coefficient (Wildman–Crippen LogP) is 3.60. The number of nitrogens with one attached hydrogen (secondary N) is 1. The number of carbonyl (C=O) groups excluding carboxylic acids is 1. The van der Waals surface area contributed by atoms with E-state index in [0.717, 1.165) is 18.7 Å². The Hall–Kier alpha value is -2.73. The quantitative estimate of drug-likeness (QED) is 0.646. The highest BCUT2D eigenvalue weighted by Crippen LogP contribution is 2.38. The van der Waals surface area contributed by atoms with Crippen LogP contribution in [0.3, 0.4) is 0 Å². The number of nitrogens with zero attached hydrogens (tertiary/aromatic N) is 1. The molecule has 1 atom stereocenters. The minimum absolute atomic E-state index is 0.0453. The summed E-state index contributed by atoms with van der Waals surface area (Å²) >= 11 is 0. The molecule has 0 aromatic heterocycles. The van der Waals surface area contributed by atoms with Crippen molar-refractivity contribution in [1.82, 2.24) is 10.2 Å². The molecule has 0 unspecified atom stereocenters. The fourth-order valence-electron chi connectivity index (χ4n) is 4.02. The lowest BCUT2D eigenvalue weighted by Crippen LogP contribution is -2.36. The lowest BCUT2D eigenvalue weighted by molar-refractivity contribution is -0.121. The lowest BCUT2D eigenvalue weighted by Gasteiger charge is -2.28. The van der Waals surface area contributed by atoms with Gasteiger partial charge in [0.1, 0.15) is 0 Å². The number of carbonyl (C=O) groups is 1. The number of methoxy groups -OCH3 is 3. The third kappa shape index (κ3) is 5.45. The standard InChI is InChI=1S/C24H32N2O4/c1-28-21-15-18(16-22(29-2)24(21)30-3)11-12-23(27)25-17-20(26-13-7-8-14-26)19-9-5-4-6-10-19/h4-6,9-10,15-16,20H,7-8,11-14,17H2,1-3H3,(H,25,27)/t20-/m0/s1. The first kappa shape index (κ1) is 22.0. The van der Waals surface area contributed by atoms with Crippen LogP contribution in [-0.4, -0.2) is 51.8 Å². The molecule has 2 aromatic rings. The first-order chi connectivity index (χ1) is 14.7. The van der Waals surface area contributed by atoms with E-state index in [0.29, 0.717) is 36.6 Å². The summed E-state index contributed by atoms with van der Waals surface area (Å²) in [7, 11) is 4.77. The third-order valence-corrected chi connectivity index (χ3v) is 5.62. The van der Waals surface area contributed by atoms with Crippen molar-refractivity contribution >= 4 is 5.91 Å². The molecule has 2 aromatic carbocycles. The largest absolute Gasteiger partial charge is 0.493 e. The van der Waals surface area contributed by atoms with Gasteiger partial charge in [-0.2, -0.15) is 0 Å². The summed E-state index contributed by atoms with van der Waals surface area (Å²) in [5.74, 6) is 1.81. The molecule has 1 aliphatic heterocycles. The fraction of sp³-hybridized carbons (Fsp3) is 0.458. The third-order valence-electron chi connectivity index (χ3n) is 5.62. The normalized spacial score (nSPS) is 14.9. The number of likely N-dealkylation sites (tertiary alicyclic amines) is 1. The molecule has 0 saturated carbocycles. The average Bonchev–Trinajstić information content (AvgIpc) is 3.32. The second-order valence-electron chi connectivity index (χ2n) is 7.51. The summed E-state index contributed by atoms with van der Waals surface area (Å²) < 4.78 is 16.2. The van der Waals surface area contributed by atoms with Crippen molar-refractivity contribution in [1.29, 1.82) is 0 Å². The summed E-state index contributed by atoms with van der Waals surface area (Å²) in [6.45, 7) is 2.79. The minimum Gasteiger partial charge on any atom is -0.493 e. The molecule has 6 nitrogen and oxygen atoms in total. The molecule has 162 valence electrons. The van der Waals surface area contributed by atoms with E-state index in [-0.39, 0.29) is 11.9 Å². The molecule has 30 heavy (non-hydrogen) atoms. The molecule has 1 amide bonds. The van der Waals surface area contributed by atoms with Gasteiger partial charge in [-0.1, -0.05) is 30.3 Å². The zero-order chi connectivity index (χ0) is 21.3. The van der Waals surface area contributed by atoms with E-state index >= 15 is 0 Å². The second kappa shape index (κ2) is 10.9. The summed E-state index contributed by atoms with van der Waals surface area (Å²) in [5.41, 5.74) is 2.23. The van der Waals surface area contributed by atoms with Crippen LogP contribution in [0.2, 0.25) is 0 Å². The van der Waals surface area contributed by atoms with Crippen LogP contribution in [0.4, 0.5) is 0 Å². The number of hydrogen-bond donors (Lipinski definition) is 1. The molecular weight excluding hydrogens is 380 g/mol. The van der Waals surface area contributed by atoms with Crippen molar-refractivity contribution in [3.8, 4) is 17.2 Å². The monoisotopic (exact) mass is 412 g/mol. The van der Waals surface area contributed by atoms with Crippen LogP contribution in [0, 0.1) is 0 Å². The Morgan fingerprint density at radius 1 is 1.00 bits per heavy atom. The Balaban J connectivity index is 1.60. The number of amides is 1. The predicted molar refractivity (Wildman–Crippen MR) is 117 cm³/mol. The molecule has 1 aliphatic rings. The van der Waals surface area contributed by atoms with Crippen molar-refractivity contribution in [2.75, 3.05) is 41.0 Å². The van der Waals surface area contributed by atoms with E-state index in [2.05, 4.69) is 34.5 Å². The van der Waals surface area contributed by atoms with Gasteiger partial charge in [-0.25, -0.2) is 0 Å². The lowest BCUT2D eigenvalue weighted by atomic mass is 10.0. The summed E-state index contributed by atoms with van der Waals surface area (Å²) in [6, 6.07) is 14.4. The van der Waals surface area contributed by atoms with Gasteiger partial charge in [0.25, 0.3) is 0 Å². The van der Waals surface area contributed by atoms with Gasteiger partial charge in [0, 0.05) is 13.0 Å². The van der Waals surface area contributed by atoms with Crippen LogP contribution < -0.4 is 19.5 Å². The highest BCUT2D eigenvalue weighted by atomic mass is 16.5. The van der Waals surface area contributed by atoms with Gasteiger partial charge in [-0.3, -0.25) is 9.69 Å². The van der Waals surface area contributed by atoms with Crippen LogP contribution in [0.15, 0.2) is 42.5 Å². The van der Waals surface area contributed by atoms with E-state index in [9.17, 15) is 4.79 Å². The van der Waals surface area contributed by atoms with Gasteiger partial charge < -0.3 is 19.5 Å². The first-order valence-electron chi connectivity index (χ1n) is 10.5. The van der Waals surface area contributed by atoms with E-state index in [4.69, 9.17) is 14.2 Å². The Bertz CT molecular complexity index is 794. The van der Waals surface area contributed by atoms with E-state index in [1.54, 1.807) is 21.3 Å².